The molecule has 1 amide bonds. The first kappa shape index (κ1) is 19.0. The molecule has 0 unspecified atom stereocenters. The van der Waals surface area contributed by atoms with Gasteiger partial charge in [0.2, 0.25) is 5.91 Å². The minimum absolute atomic E-state index is 0.000291. The Morgan fingerprint density at radius 1 is 1.21 bits per heavy atom. The fourth-order valence-corrected chi connectivity index (χ4v) is 3.74. The van der Waals surface area contributed by atoms with Gasteiger partial charge in [-0.25, -0.2) is 0 Å². The van der Waals surface area contributed by atoms with Crippen molar-refractivity contribution in [3.05, 3.63) is 64.1 Å². The summed E-state index contributed by atoms with van der Waals surface area (Å²) in [6, 6.07) is 16.2. The van der Waals surface area contributed by atoms with Crippen LogP contribution in [0.1, 0.15) is 17.2 Å². The van der Waals surface area contributed by atoms with Crippen LogP contribution in [0, 0.1) is 6.92 Å². The highest BCUT2D eigenvalue weighted by Crippen LogP contribution is 2.25. The zero-order valence-corrected chi connectivity index (χ0v) is 16.7. The molecule has 0 saturated carbocycles. The monoisotopic (exact) mass is 406 g/mol. The molecule has 0 spiro atoms. The molecule has 0 saturated heterocycles. The number of nitrogens with zero attached hydrogens (tertiary/aromatic N) is 1. The SMILES string of the molecule is Cc1cc(Br)ccc1SCC(=O)N[C@@H](CN(C)C)c1ccccc1. The van der Waals surface area contributed by atoms with Gasteiger partial charge in [-0.05, 0) is 50.3 Å². The summed E-state index contributed by atoms with van der Waals surface area (Å²) in [6.07, 6.45) is 0. The highest BCUT2D eigenvalue weighted by Gasteiger charge is 2.15. The van der Waals surface area contributed by atoms with Crippen LogP contribution >= 0.6 is 27.7 Å². The van der Waals surface area contributed by atoms with Crippen molar-refractivity contribution in [3.8, 4) is 0 Å². The van der Waals surface area contributed by atoms with Crippen LogP contribution in [0.25, 0.3) is 0 Å². The van der Waals surface area contributed by atoms with E-state index in [1.54, 1.807) is 11.8 Å². The van der Waals surface area contributed by atoms with Gasteiger partial charge in [-0.2, -0.15) is 0 Å². The lowest BCUT2D eigenvalue weighted by Crippen LogP contribution is -2.36. The van der Waals surface area contributed by atoms with Gasteiger partial charge in [0.05, 0.1) is 11.8 Å². The number of likely N-dealkylation sites (N-methyl/N-ethyl adjacent to an activating group) is 1. The lowest BCUT2D eigenvalue weighted by atomic mass is 10.1. The maximum atomic E-state index is 12.4. The number of carbonyl (C=O) groups is 1. The predicted octanol–water partition coefficient (Wildman–Crippen LogP) is 4.27. The third-order valence-electron chi connectivity index (χ3n) is 3.58. The Bertz CT molecular complexity index is 676. The standard InChI is InChI=1S/C19H23BrN2OS/c1-14-11-16(20)9-10-18(14)24-13-19(23)21-17(12-22(2)3)15-7-5-4-6-8-15/h4-11,17H,12-13H2,1-3H3,(H,21,23)/t17-/m0/s1. The molecular formula is C19H23BrN2OS. The minimum Gasteiger partial charge on any atom is -0.347 e. The molecule has 0 aliphatic heterocycles. The second-order valence-electron chi connectivity index (χ2n) is 5.99. The first-order valence-electron chi connectivity index (χ1n) is 7.83. The van der Waals surface area contributed by atoms with E-state index in [1.807, 2.05) is 44.4 Å². The van der Waals surface area contributed by atoms with E-state index in [2.05, 4.69) is 51.3 Å². The van der Waals surface area contributed by atoms with Crippen LogP contribution in [0.4, 0.5) is 0 Å². The number of benzene rings is 2. The van der Waals surface area contributed by atoms with Gasteiger partial charge in [-0.3, -0.25) is 4.79 Å². The summed E-state index contributed by atoms with van der Waals surface area (Å²) < 4.78 is 1.06. The van der Waals surface area contributed by atoms with Crippen molar-refractivity contribution >= 4 is 33.6 Å². The second kappa shape index (κ2) is 9.25. The van der Waals surface area contributed by atoms with E-state index >= 15 is 0 Å². The summed E-state index contributed by atoms with van der Waals surface area (Å²) in [6.45, 7) is 2.83. The molecule has 0 aromatic heterocycles. The Kier molecular flexibility index (Phi) is 7.34. The Labute approximate surface area is 157 Å². The fourth-order valence-electron chi connectivity index (χ4n) is 2.44. The van der Waals surface area contributed by atoms with Crippen molar-refractivity contribution in [1.82, 2.24) is 10.2 Å². The summed E-state index contributed by atoms with van der Waals surface area (Å²) in [7, 11) is 4.03. The number of aryl methyl sites for hydroxylation is 1. The Morgan fingerprint density at radius 3 is 2.54 bits per heavy atom. The largest absolute Gasteiger partial charge is 0.347 e. The number of hydrogen-bond donors (Lipinski definition) is 1. The van der Waals surface area contributed by atoms with E-state index in [0.717, 1.165) is 21.5 Å². The molecule has 1 atom stereocenters. The summed E-state index contributed by atoms with van der Waals surface area (Å²) in [5.41, 5.74) is 2.31. The molecule has 24 heavy (non-hydrogen) atoms. The van der Waals surface area contributed by atoms with Gasteiger partial charge in [-0.1, -0.05) is 46.3 Å². The summed E-state index contributed by atoms with van der Waals surface area (Å²) in [4.78, 5) is 15.6. The van der Waals surface area contributed by atoms with Crippen molar-refractivity contribution in [2.24, 2.45) is 0 Å². The fraction of sp³-hybridized carbons (Fsp3) is 0.316. The highest BCUT2D eigenvalue weighted by molar-refractivity contribution is 9.10. The molecule has 0 bridgehead atoms. The van der Waals surface area contributed by atoms with E-state index in [0.29, 0.717) is 5.75 Å². The number of carbonyl (C=O) groups excluding carboxylic acids is 1. The molecule has 1 N–H and O–H groups in total. The normalized spacial score (nSPS) is 12.2. The quantitative estimate of drug-likeness (QED) is 0.696. The number of amides is 1. The molecular weight excluding hydrogens is 384 g/mol. The topological polar surface area (TPSA) is 32.3 Å². The van der Waals surface area contributed by atoms with Crippen LogP contribution in [0.5, 0.6) is 0 Å². The Morgan fingerprint density at radius 2 is 1.92 bits per heavy atom. The molecule has 2 aromatic rings. The molecule has 0 aliphatic carbocycles. The molecule has 5 heteroatoms. The van der Waals surface area contributed by atoms with Gasteiger partial charge < -0.3 is 10.2 Å². The lowest BCUT2D eigenvalue weighted by Gasteiger charge is -2.23. The summed E-state index contributed by atoms with van der Waals surface area (Å²) in [5.74, 6) is 0.470. The van der Waals surface area contributed by atoms with E-state index in [1.165, 1.54) is 5.56 Å². The maximum absolute atomic E-state index is 12.4. The molecule has 3 nitrogen and oxygen atoms in total. The second-order valence-corrected chi connectivity index (χ2v) is 7.92. The van der Waals surface area contributed by atoms with Gasteiger partial charge in [0.1, 0.15) is 0 Å². The molecule has 0 fully saturated rings. The van der Waals surface area contributed by atoms with Crippen LogP contribution in [-0.2, 0) is 4.79 Å². The van der Waals surface area contributed by atoms with Crippen LogP contribution in [0.2, 0.25) is 0 Å². The minimum atomic E-state index is 0.000291. The number of nitrogens with one attached hydrogen (secondary N) is 1. The van der Waals surface area contributed by atoms with E-state index in [-0.39, 0.29) is 11.9 Å². The van der Waals surface area contributed by atoms with E-state index in [9.17, 15) is 4.79 Å². The molecule has 0 radical (unpaired) electrons. The van der Waals surface area contributed by atoms with Gasteiger partial charge in [-0.15, -0.1) is 11.8 Å². The summed E-state index contributed by atoms with van der Waals surface area (Å²) in [5, 5.41) is 3.16. The molecule has 128 valence electrons. The van der Waals surface area contributed by atoms with Gasteiger partial charge in [0.25, 0.3) is 0 Å². The highest BCUT2D eigenvalue weighted by atomic mass is 79.9. The van der Waals surface area contributed by atoms with Crippen LogP contribution in [0.15, 0.2) is 57.9 Å². The van der Waals surface area contributed by atoms with Gasteiger partial charge >= 0.3 is 0 Å². The van der Waals surface area contributed by atoms with Crippen molar-refractivity contribution in [2.45, 2.75) is 17.9 Å². The number of rotatable bonds is 7. The van der Waals surface area contributed by atoms with Crippen molar-refractivity contribution in [2.75, 3.05) is 26.4 Å². The molecule has 2 aromatic carbocycles. The van der Waals surface area contributed by atoms with Crippen LogP contribution in [0.3, 0.4) is 0 Å². The van der Waals surface area contributed by atoms with Gasteiger partial charge in [0, 0.05) is 15.9 Å². The summed E-state index contributed by atoms with van der Waals surface area (Å²) >= 11 is 5.04. The molecule has 0 aliphatic rings. The van der Waals surface area contributed by atoms with Crippen molar-refractivity contribution < 1.29 is 4.79 Å². The maximum Gasteiger partial charge on any atom is 0.230 e. The first-order chi connectivity index (χ1) is 11.5. The first-order valence-corrected chi connectivity index (χ1v) is 9.61. The zero-order valence-electron chi connectivity index (χ0n) is 14.3. The predicted molar refractivity (Wildman–Crippen MR) is 105 cm³/mol. The molecule has 0 heterocycles. The number of halogens is 1. The van der Waals surface area contributed by atoms with Gasteiger partial charge in [0.15, 0.2) is 0 Å². The third-order valence-corrected chi connectivity index (χ3v) is 5.25. The average molecular weight is 407 g/mol. The third kappa shape index (κ3) is 5.96. The number of hydrogen-bond acceptors (Lipinski definition) is 3. The van der Waals surface area contributed by atoms with Crippen LogP contribution in [-0.4, -0.2) is 37.2 Å². The van der Waals surface area contributed by atoms with Crippen LogP contribution < -0.4 is 5.32 Å². The van der Waals surface area contributed by atoms with Crippen molar-refractivity contribution in [3.63, 3.8) is 0 Å². The lowest BCUT2D eigenvalue weighted by molar-refractivity contribution is -0.119. The Hall–Kier alpha value is -1.30. The smallest absolute Gasteiger partial charge is 0.230 e. The average Bonchev–Trinajstić information content (AvgIpc) is 2.54. The van der Waals surface area contributed by atoms with Crippen molar-refractivity contribution in [1.29, 1.82) is 0 Å². The molecule has 2 rings (SSSR count). The Balaban J connectivity index is 1.97. The van der Waals surface area contributed by atoms with E-state index in [4.69, 9.17) is 0 Å². The zero-order chi connectivity index (χ0) is 17.5. The van der Waals surface area contributed by atoms with E-state index < -0.39 is 0 Å². The number of thioether (sulfide) groups is 1.